The summed E-state index contributed by atoms with van der Waals surface area (Å²) >= 11 is 0. The molecule has 17 heavy (non-hydrogen) atoms. The van der Waals surface area contributed by atoms with Gasteiger partial charge < -0.3 is 4.84 Å². The molecule has 0 radical (unpaired) electrons. The molecule has 0 unspecified atom stereocenters. The van der Waals surface area contributed by atoms with Crippen molar-refractivity contribution in [1.29, 1.82) is 0 Å². The maximum Gasteiger partial charge on any atom is 0.122 e. The summed E-state index contributed by atoms with van der Waals surface area (Å²) in [6, 6.07) is 14.2. The Balaban J connectivity index is 1.90. The standard InChI is InChI=1S/C14H12N2O/c1-2-9-15-13(3-1)11-4-6-12(7-5-11)14-8-10-17-16-14/h1-7,9H,8,10H2. The van der Waals surface area contributed by atoms with Crippen LogP contribution in [0.25, 0.3) is 11.3 Å². The quantitative estimate of drug-likeness (QED) is 0.786. The lowest BCUT2D eigenvalue weighted by Gasteiger charge is -2.02. The van der Waals surface area contributed by atoms with Gasteiger partial charge in [-0.2, -0.15) is 0 Å². The third kappa shape index (κ3) is 2.04. The molecule has 0 aliphatic carbocycles. The van der Waals surface area contributed by atoms with Crippen LogP contribution in [-0.4, -0.2) is 17.3 Å². The highest BCUT2D eigenvalue weighted by atomic mass is 16.6. The maximum atomic E-state index is 5.00. The van der Waals surface area contributed by atoms with E-state index in [4.69, 9.17) is 4.84 Å². The van der Waals surface area contributed by atoms with Gasteiger partial charge in [0.05, 0.1) is 11.4 Å². The van der Waals surface area contributed by atoms with E-state index in [9.17, 15) is 0 Å². The molecule has 0 saturated carbocycles. The Morgan fingerprint density at radius 1 is 0.941 bits per heavy atom. The summed E-state index contributed by atoms with van der Waals surface area (Å²) in [6.45, 7) is 0.692. The molecule has 0 N–H and O–H groups in total. The lowest BCUT2D eigenvalue weighted by atomic mass is 10.0. The Hall–Kier alpha value is -2.16. The first kappa shape index (κ1) is 10.0. The highest BCUT2D eigenvalue weighted by Gasteiger charge is 2.10. The van der Waals surface area contributed by atoms with Gasteiger partial charge in [-0.25, -0.2) is 0 Å². The minimum Gasteiger partial charge on any atom is -0.395 e. The first-order chi connectivity index (χ1) is 8.43. The summed E-state index contributed by atoms with van der Waals surface area (Å²) in [6.07, 6.45) is 2.70. The van der Waals surface area contributed by atoms with Crippen LogP contribution < -0.4 is 0 Å². The van der Waals surface area contributed by atoms with Gasteiger partial charge in [0.25, 0.3) is 0 Å². The molecule has 1 aromatic carbocycles. The molecule has 0 atom stereocenters. The fourth-order valence-corrected chi connectivity index (χ4v) is 1.88. The van der Waals surface area contributed by atoms with Crippen molar-refractivity contribution in [2.24, 2.45) is 5.16 Å². The summed E-state index contributed by atoms with van der Waals surface area (Å²) in [5.74, 6) is 0. The van der Waals surface area contributed by atoms with Crippen LogP contribution >= 0.6 is 0 Å². The zero-order valence-electron chi connectivity index (χ0n) is 9.34. The Labute approximate surface area is 99.8 Å². The van der Waals surface area contributed by atoms with Crippen molar-refractivity contribution >= 4 is 5.71 Å². The van der Waals surface area contributed by atoms with Crippen LogP contribution in [0.4, 0.5) is 0 Å². The Bertz CT molecular complexity index is 532. The molecule has 3 rings (SSSR count). The van der Waals surface area contributed by atoms with Gasteiger partial charge >= 0.3 is 0 Å². The van der Waals surface area contributed by atoms with Gasteiger partial charge in [-0.1, -0.05) is 35.5 Å². The molecule has 1 aliphatic rings. The molecule has 0 spiro atoms. The van der Waals surface area contributed by atoms with E-state index in [1.807, 2.05) is 18.2 Å². The minimum absolute atomic E-state index is 0.692. The largest absolute Gasteiger partial charge is 0.395 e. The Morgan fingerprint density at radius 2 is 1.76 bits per heavy atom. The molecule has 0 amide bonds. The molecule has 3 heteroatoms. The fraction of sp³-hybridized carbons (Fsp3) is 0.143. The van der Waals surface area contributed by atoms with Gasteiger partial charge in [-0.3, -0.25) is 4.98 Å². The molecular weight excluding hydrogens is 212 g/mol. The lowest BCUT2D eigenvalue weighted by molar-refractivity contribution is 0.174. The first-order valence-electron chi connectivity index (χ1n) is 5.64. The number of nitrogens with zero attached hydrogens (tertiary/aromatic N) is 2. The van der Waals surface area contributed by atoms with E-state index in [1.165, 1.54) is 0 Å². The molecule has 0 saturated heterocycles. The number of hydrogen-bond acceptors (Lipinski definition) is 3. The second-order valence-corrected chi connectivity index (χ2v) is 3.91. The van der Waals surface area contributed by atoms with Gasteiger partial charge in [0.15, 0.2) is 0 Å². The van der Waals surface area contributed by atoms with Crippen LogP contribution in [-0.2, 0) is 4.84 Å². The Morgan fingerprint density at radius 3 is 2.41 bits per heavy atom. The van der Waals surface area contributed by atoms with Gasteiger partial charge in [-0.15, -0.1) is 0 Å². The van der Waals surface area contributed by atoms with E-state index < -0.39 is 0 Å². The number of hydrogen-bond donors (Lipinski definition) is 0. The second-order valence-electron chi connectivity index (χ2n) is 3.91. The zero-order valence-corrected chi connectivity index (χ0v) is 9.34. The molecule has 84 valence electrons. The van der Waals surface area contributed by atoms with Crippen LogP contribution in [0.2, 0.25) is 0 Å². The topological polar surface area (TPSA) is 34.5 Å². The van der Waals surface area contributed by atoms with Crippen molar-refractivity contribution in [2.75, 3.05) is 6.61 Å². The second kappa shape index (κ2) is 4.37. The molecule has 2 heterocycles. The molecule has 1 aromatic heterocycles. The SMILES string of the molecule is c1ccc(-c2ccc(C3=NOCC3)cc2)nc1. The zero-order chi connectivity index (χ0) is 11.5. The number of rotatable bonds is 2. The number of benzene rings is 1. The number of pyridine rings is 1. The third-order valence-corrected chi connectivity index (χ3v) is 2.78. The van der Waals surface area contributed by atoms with Gasteiger partial charge in [-0.05, 0) is 17.7 Å². The summed E-state index contributed by atoms with van der Waals surface area (Å²) in [4.78, 5) is 9.32. The average molecular weight is 224 g/mol. The van der Waals surface area contributed by atoms with Gasteiger partial charge in [0.1, 0.15) is 6.61 Å². The van der Waals surface area contributed by atoms with E-state index in [0.717, 1.165) is 29.0 Å². The normalized spacial score (nSPS) is 14.2. The van der Waals surface area contributed by atoms with Crippen LogP contribution in [0.15, 0.2) is 53.8 Å². The van der Waals surface area contributed by atoms with Crippen molar-refractivity contribution in [2.45, 2.75) is 6.42 Å². The third-order valence-electron chi connectivity index (χ3n) is 2.78. The van der Waals surface area contributed by atoms with Crippen molar-refractivity contribution in [3.63, 3.8) is 0 Å². The van der Waals surface area contributed by atoms with Crippen molar-refractivity contribution in [3.05, 3.63) is 54.2 Å². The summed E-state index contributed by atoms with van der Waals surface area (Å²) in [5, 5.41) is 4.01. The van der Waals surface area contributed by atoms with Crippen molar-refractivity contribution < 1.29 is 4.84 Å². The lowest BCUT2D eigenvalue weighted by Crippen LogP contribution is -1.96. The smallest absolute Gasteiger partial charge is 0.122 e. The maximum absolute atomic E-state index is 5.00. The predicted molar refractivity (Wildman–Crippen MR) is 66.8 cm³/mol. The first-order valence-corrected chi connectivity index (χ1v) is 5.64. The molecule has 0 fully saturated rings. The van der Waals surface area contributed by atoms with Crippen LogP contribution in [0.1, 0.15) is 12.0 Å². The van der Waals surface area contributed by atoms with Crippen LogP contribution in [0, 0.1) is 0 Å². The monoisotopic (exact) mass is 224 g/mol. The van der Waals surface area contributed by atoms with Gasteiger partial charge in [0.2, 0.25) is 0 Å². The van der Waals surface area contributed by atoms with Crippen molar-refractivity contribution in [1.82, 2.24) is 4.98 Å². The highest BCUT2D eigenvalue weighted by molar-refractivity contribution is 6.01. The van der Waals surface area contributed by atoms with E-state index in [1.54, 1.807) is 6.20 Å². The highest BCUT2D eigenvalue weighted by Crippen LogP contribution is 2.18. The summed E-state index contributed by atoms with van der Waals surface area (Å²) in [5.41, 5.74) is 4.26. The van der Waals surface area contributed by atoms with E-state index in [0.29, 0.717) is 6.61 Å². The van der Waals surface area contributed by atoms with Crippen LogP contribution in [0.3, 0.4) is 0 Å². The molecule has 2 aromatic rings. The average Bonchev–Trinajstić information content (AvgIpc) is 2.94. The van der Waals surface area contributed by atoms with E-state index >= 15 is 0 Å². The molecular formula is C14H12N2O. The molecule has 1 aliphatic heterocycles. The number of aromatic nitrogens is 1. The van der Waals surface area contributed by atoms with E-state index in [-0.39, 0.29) is 0 Å². The summed E-state index contributed by atoms with van der Waals surface area (Å²) in [7, 11) is 0. The van der Waals surface area contributed by atoms with Gasteiger partial charge in [0, 0.05) is 18.2 Å². The minimum atomic E-state index is 0.692. The van der Waals surface area contributed by atoms with E-state index in [2.05, 4.69) is 34.4 Å². The molecule has 3 nitrogen and oxygen atoms in total. The van der Waals surface area contributed by atoms with Crippen LogP contribution in [0.5, 0.6) is 0 Å². The molecule has 0 bridgehead atoms. The Kier molecular flexibility index (Phi) is 2.58. The van der Waals surface area contributed by atoms with Crippen molar-refractivity contribution in [3.8, 4) is 11.3 Å². The number of oxime groups is 1. The fourth-order valence-electron chi connectivity index (χ4n) is 1.88. The summed E-state index contributed by atoms with van der Waals surface area (Å²) < 4.78 is 0. The predicted octanol–water partition coefficient (Wildman–Crippen LogP) is 2.87.